The number of amides is 3. The summed E-state index contributed by atoms with van der Waals surface area (Å²) in [6.07, 6.45) is 4.44. The monoisotopic (exact) mass is 409 g/mol. The van der Waals surface area contributed by atoms with Gasteiger partial charge in [0, 0.05) is 44.1 Å². The summed E-state index contributed by atoms with van der Waals surface area (Å²) in [6, 6.07) is 6.68. The Morgan fingerprint density at radius 1 is 1.00 bits per heavy atom. The summed E-state index contributed by atoms with van der Waals surface area (Å²) in [6.45, 7) is 7.34. The SMILES string of the molecule is Cc1ccccc1C(=O)NC(C(=O)N1CCN(C(=O)c2cnccn2)CC1)C(C)C. The number of rotatable bonds is 5. The average molecular weight is 409 g/mol. The number of hydrogen-bond donors (Lipinski definition) is 1. The molecule has 2 aromatic rings. The van der Waals surface area contributed by atoms with Crippen molar-refractivity contribution in [3.63, 3.8) is 0 Å². The molecule has 3 amide bonds. The van der Waals surface area contributed by atoms with Crippen LogP contribution in [-0.2, 0) is 4.79 Å². The van der Waals surface area contributed by atoms with Crippen LogP contribution >= 0.6 is 0 Å². The summed E-state index contributed by atoms with van der Waals surface area (Å²) in [5.74, 6) is -0.636. The highest BCUT2D eigenvalue weighted by molar-refractivity contribution is 5.98. The van der Waals surface area contributed by atoms with Crippen LogP contribution in [0.2, 0.25) is 0 Å². The van der Waals surface area contributed by atoms with Crippen LogP contribution in [0.1, 0.15) is 40.3 Å². The zero-order valence-corrected chi connectivity index (χ0v) is 17.5. The number of carbonyl (C=O) groups is 3. The summed E-state index contributed by atoms with van der Waals surface area (Å²) in [5, 5.41) is 2.90. The molecule has 0 spiro atoms. The zero-order valence-electron chi connectivity index (χ0n) is 17.5. The standard InChI is InChI=1S/C22H27N5O3/c1-15(2)19(25-20(28)17-7-5-4-6-16(17)3)22(30)27-12-10-26(11-13-27)21(29)18-14-23-8-9-24-18/h4-9,14-15,19H,10-13H2,1-3H3,(H,25,28). The Morgan fingerprint density at radius 2 is 1.67 bits per heavy atom. The highest BCUT2D eigenvalue weighted by atomic mass is 16.2. The Morgan fingerprint density at radius 3 is 2.27 bits per heavy atom. The molecule has 0 saturated carbocycles. The third-order valence-corrected chi connectivity index (χ3v) is 5.27. The fourth-order valence-corrected chi connectivity index (χ4v) is 3.46. The van der Waals surface area contributed by atoms with Gasteiger partial charge in [0.25, 0.3) is 11.8 Å². The molecule has 3 rings (SSSR count). The fraction of sp³-hybridized carbons (Fsp3) is 0.409. The lowest BCUT2D eigenvalue weighted by molar-refractivity contribution is -0.135. The van der Waals surface area contributed by atoms with Gasteiger partial charge in [0.2, 0.25) is 5.91 Å². The van der Waals surface area contributed by atoms with Gasteiger partial charge in [-0.05, 0) is 24.5 Å². The molecule has 1 unspecified atom stereocenters. The second-order valence-electron chi connectivity index (χ2n) is 7.72. The smallest absolute Gasteiger partial charge is 0.274 e. The van der Waals surface area contributed by atoms with E-state index in [9.17, 15) is 14.4 Å². The highest BCUT2D eigenvalue weighted by Crippen LogP contribution is 2.13. The van der Waals surface area contributed by atoms with Crippen molar-refractivity contribution in [3.8, 4) is 0 Å². The summed E-state index contributed by atoms with van der Waals surface area (Å²) in [5.41, 5.74) is 1.72. The molecule has 1 atom stereocenters. The second-order valence-corrected chi connectivity index (χ2v) is 7.72. The number of carbonyl (C=O) groups excluding carboxylic acids is 3. The Bertz CT molecular complexity index is 908. The molecular formula is C22H27N5O3. The minimum atomic E-state index is -0.626. The Labute approximate surface area is 176 Å². The zero-order chi connectivity index (χ0) is 21.7. The minimum Gasteiger partial charge on any atom is -0.340 e. The first-order valence-electron chi connectivity index (χ1n) is 10.1. The first-order chi connectivity index (χ1) is 14.4. The summed E-state index contributed by atoms with van der Waals surface area (Å²) in [4.78, 5) is 49.7. The maximum absolute atomic E-state index is 13.1. The van der Waals surface area contributed by atoms with Crippen LogP contribution < -0.4 is 5.32 Å². The van der Waals surface area contributed by atoms with E-state index in [-0.39, 0.29) is 23.6 Å². The molecule has 1 aromatic heterocycles. The summed E-state index contributed by atoms with van der Waals surface area (Å²) >= 11 is 0. The molecule has 1 aromatic carbocycles. The number of nitrogens with one attached hydrogen (secondary N) is 1. The maximum atomic E-state index is 13.1. The van der Waals surface area contributed by atoms with Crippen molar-refractivity contribution >= 4 is 17.7 Å². The Hall–Kier alpha value is -3.29. The maximum Gasteiger partial charge on any atom is 0.274 e. The number of nitrogens with zero attached hydrogens (tertiary/aromatic N) is 4. The predicted molar refractivity (Wildman–Crippen MR) is 112 cm³/mol. The van der Waals surface area contributed by atoms with Gasteiger partial charge in [-0.15, -0.1) is 0 Å². The van der Waals surface area contributed by atoms with Crippen molar-refractivity contribution in [2.45, 2.75) is 26.8 Å². The van der Waals surface area contributed by atoms with Crippen molar-refractivity contribution in [2.75, 3.05) is 26.2 Å². The van der Waals surface area contributed by atoms with E-state index in [0.717, 1.165) is 5.56 Å². The van der Waals surface area contributed by atoms with E-state index < -0.39 is 6.04 Å². The molecule has 158 valence electrons. The Kier molecular flexibility index (Phi) is 6.76. The van der Waals surface area contributed by atoms with Crippen LogP contribution in [-0.4, -0.2) is 69.7 Å². The molecule has 30 heavy (non-hydrogen) atoms. The molecule has 1 fully saturated rings. The molecular weight excluding hydrogens is 382 g/mol. The number of aryl methyl sites for hydroxylation is 1. The summed E-state index contributed by atoms with van der Waals surface area (Å²) < 4.78 is 0. The normalized spacial score (nSPS) is 15.1. The van der Waals surface area contributed by atoms with Gasteiger partial charge < -0.3 is 15.1 Å². The molecule has 0 bridgehead atoms. The second kappa shape index (κ2) is 9.47. The van der Waals surface area contributed by atoms with E-state index in [1.165, 1.54) is 18.6 Å². The van der Waals surface area contributed by atoms with Crippen LogP contribution in [0.5, 0.6) is 0 Å². The lowest BCUT2D eigenvalue weighted by Gasteiger charge is -2.37. The molecule has 8 nitrogen and oxygen atoms in total. The van der Waals surface area contributed by atoms with Gasteiger partial charge in [-0.3, -0.25) is 19.4 Å². The van der Waals surface area contributed by atoms with Crippen LogP contribution in [0.3, 0.4) is 0 Å². The van der Waals surface area contributed by atoms with E-state index in [4.69, 9.17) is 0 Å². The van der Waals surface area contributed by atoms with Gasteiger partial charge in [-0.1, -0.05) is 32.0 Å². The number of benzene rings is 1. The number of hydrogen-bond acceptors (Lipinski definition) is 5. The van der Waals surface area contributed by atoms with Crippen LogP contribution in [0, 0.1) is 12.8 Å². The molecule has 2 heterocycles. The third-order valence-electron chi connectivity index (χ3n) is 5.27. The van der Waals surface area contributed by atoms with Gasteiger partial charge in [0.15, 0.2) is 0 Å². The number of piperazine rings is 1. The van der Waals surface area contributed by atoms with Crippen LogP contribution in [0.15, 0.2) is 42.9 Å². The highest BCUT2D eigenvalue weighted by Gasteiger charge is 2.32. The minimum absolute atomic E-state index is 0.0651. The fourth-order valence-electron chi connectivity index (χ4n) is 3.46. The topological polar surface area (TPSA) is 95.5 Å². The molecule has 1 saturated heterocycles. The van der Waals surface area contributed by atoms with Gasteiger partial charge in [0.1, 0.15) is 11.7 Å². The molecule has 1 aliphatic heterocycles. The van der Waals surface area contributed by atoms with E-state index in [0.29, 0.717) is 37.4 Å². The first kappa shape index (κ1) is 21.4. The quantitative estimate of drug-likeness (QED) is 0.808. The van der Waals surface area contributed by atoms with E-state index in [2.05, 4.69) is 15.3 Å². The van der Waals surface area contributed by atoms with Gasteiger partial charge >= 0.3 is 0 Å². The van der Waals surface area contributed by atoms with Crippen molar-refractivity contribution < 1.29 is 14.4 Å². The van der Waals surface area contributed by atoms with Crippen LogP contribution in [0.25, 0.3) is 0 Å². The van der Waals surface area contributed by atoms with Crippen molar-refractivity contribution in [3.05, 3.63) is 59.7 Å². The predicted octanol–water partition coefficient (Wildman–Crippen LogP) is 1.52. The molecule has 0 radical (unpaired) electrons. The number of aromatic nitrogens is 2. The van der Waals surface area contributed by atoms with E-state index in [1.54, 1.807) is 15.9 Å². The van der Waals surface area contributed by atoms with Gasteiger partial charge in [-0.2, -0.15) is 0 Å². The lowest BCUT2D eigenvalue weighted by Crippen LogP contribution is -2.57. The van der Waals surface area contributed by atoms with Gasteiger partial charge in [0.05, 0.1) is 6.20 Å². The van der Waals surface area contributed by atoms with Crippen molar-refractivity contribution in [1.82, 2.24) is 25.1 Å². The molecule has 1 aliphatic rings. The van der Waals surface area contributed by atoms with Gasteiger partial charge in [-0.25, -0.2) is 4.98 Å². The van der Waals surface area contributed by atoms with Crippen LogP contribution in [0.4, 0.5) is 0 Å². The molecule has 1 N–H and O–H groups in total. The average Bonchev–Trinajstić information content (AvgIpc) is 2.77. The summed E-state index contributed by atoms with van der Waals surface area (Å²) in [7, 11) is 0. The van der Waals surface area contributed by atoms with E-state index in [1.807, 2.05) is 39.0 Å². The van der Waals surface area contributed by atoms with Crippen molar-refractivity contribution in [1.29, 1.82) is 0 Å². The third kappa shape index (κ3) is 4.82. The first-order valence-corrected chi connectivity index (χ1v) is 10.1. The Balaban J connectivity index is 1.62. The van der Waals surface area contributed by atoms with E-state index >= 15 is 0 Å². The molecule has 0 aliphatic carbocycles. The van der Waals surface area contributed by atoms with Crippen molar-refractivity contribution in [2.24, 2.45) is 5.92 Å². The largest absolute Gasteiger partial charge is 0.340 e. The molecule has 8 heteroatoms. The lowest BCUT2D eigenvalue weighted by atomic mass is 10.0.